The van der Waals surface area contributed by atoms with Gasteiger partial charge in [0.25, 0.3) is 0 Å². The van der Waals surface area contributed by atoms with Crippen molar-refractivity contribution in [2.75, 3.05) is 33.9 Å². The summed E-state index contributed by atoms with van der Waals surface area (Å²) < 4.78 is 50.3. The number of nitrogens with one attached hydrogen (secondary N) is 8. The van der Waals surface area contributed by atoms with E-state index in [1.165, 1.54) is 33.2 Å². The maximum Gasteiger partial charge on any atom is 0.336 e. The number of aliphatic hydroxyl groups is 7. The van der Waals surface area contributed by atoms with Crippen molar-refractivity contribution >= 4 is 70.6 Å². The fraction of sp³-hybridized carbons (Fsp3) is 0.500. The average Bonchev–Trinajstić information content (AvgIpc) is 0.783. The fourth-order valence-corrected chi connectivity index (χ4v) is 14.6. The number of aliphatic carboxylic acids is 1. The third kappa shape index (κ3) is 19.8. The van der Waals surface area contributed by atoms with Gasteiger partial charge in [-0.25, -0.2) is 9.59 Å². The Kier molecular flexibility index (Phi) is 28.7. The first-order valence-corrected chi connectivity index (χ1v) is 37.6. The standard InChI is InChI=1S/C76H95Cl2N9O27/c1-8-9-10-11-18-108-50(74(106)107-7)29-81-76(5)28-53(109-32(4)66(76)97)113-65-63(96)62(95)51(30-88)112-75(65)114-64-48-23-36-24-49(64)111-47-17-14-35(22-41(47)78)61(94)59-72(103)85-57(73(104)105)39-25-37(89)26-45(91)54(39)38-20-33(12-15-44(38)90)55(69(100)87-59)84-70(101)56(36)83-52(92)27-42(67(79)98)82-71(102)58(86-68(99)43(80-6)19-31(2)3)60(93)34-13-16-46(110-48)40(77)21-34/h12-17,20-26,31-32,42-43,50-51,53,55-63,65-67,75,80-81,88-91,93-98H,8-11,18-19,27-30,79H2,1-7H3,(H,82,102)(H,83,92)(H,84,101)(H,85,103)(H,86,99)(H,87,100)(H,104,105)/t32?,42?,43-,50?,51?,53?,55?,56?,57?,58+,59+,60?,61-,62?,63?,65?,66?,67?,75?,76?/m1/s1. The number of ether oxygens (including phenoxy) is 8. The molecule has 12 rings (SSSR count). The minimum atomic E-state index is -2.30. The number of carboxylic acid groups (broad SMARTS) is 1. The normalized spacial score (nSPS) is 28.1. The summed E-state index contributed by atoms with van der Waals surface area (Å²) in [7, 11) is 2.68. The van der Waals surface area contributed by atoms with Gasteiger partial charge in [-0.15, -0.1) is 0 Å². The first-order chi connectivity index (χ1) is 54.1. The number of rotatable bonds is 22. The van der Waals surface area contributed by atoms with Crippen LogP contribution in [0.1, 0.15) is 138 Å². The molecular formula is C76H95Cl2N9O27. The summed E-state index contributed by atoms with van der Waals surface area (Å²) in [6.07, 6.45) is -19.1. The van der Waals surface area contributed by atoms with Crippen LogP contribution >= 0.6 is 23.2 Å². The summed E-state index contributed by atoms with van der Waals surface area (Å²) >= 11 is 14.3. The number of carbonyl (C=O) groups excluding carboxylic acids is 7. The number of aromatic hydroxyl groups is 3. The number of aliphatic hydroxyl groups excluding tert-OH is 7. The molecule has 20 atom stereocenters. The van der Waals surface area contributed by atoms with Crippen molar-refractivity contribution in [2.45, 2.75) is 201 Å². The van der Waals surface area contributed by atoms with E-state index in [0.717, 1.165) is 86.0 Å². The van der Waals surface area contributed by atoms with E-state index in [1.807, 2.05) is 20.8 Å². The molecule has 2 fully saturated rings. The number of halogens is 2. The van der Waals surface area contributed by atoms with Crippen LogP contribution in [0.5, 0.6) is 46.0 Å². The van der Waals surface area contributed by atoms with Crippen LogP contribution in [0.15, 0.2) is 78.9 Å². The number of hydrogen-bond acceptors (Lipinski definition) is 29. The summed E-state index contributed by atoms with van der Waals surface area (Å²) in [4.78, 5) is 117. The number of carboxylic acids is 1. The van der Waals surface area contributed by atoms with E-state index in [0.29, 0.717) is 6.42 Å². The molecule has 7 heterocycles. The smallest absolute Gasteiger partial charge is 0.336 e. The van der Waals surface area contributed by atoms with Crippen LogP contribution in [-0.4, -0.2) is 229 Å². The van der Waals surface area contributed by atoms with Gasteiger partial charge < -0.3 is 142 Å². The monoisotopic (exact) mass is 1640 g/mol. The highest BCUT2D eigenvalue weighted by Crippen LogP contribution is 2.50. The van der Waals surface area contributed by atoms with Crippen molar-refractivity contribution < 1.29 is 132 Å². The summed E-state index contributed by atoms with van der Waals surface area (Å²) in [6, 6.07) is -0.126. The molecule has 7 aliphatic heterocycles. The number of benzene rings is 5. The van der Waals surface area contributed by atoms with Crippen LogP contribution in [0.2, 0.25) is 10.0 Å². The number of phenolic OH excluding ortho intramolecular Hbond substituents is 3. The molecule has 6 amide bonds. The highest BCUT2D eigenvalue weighted by molar-refractivity contribution is 6.32. The molecule has 16 unspecified atom stereocenters. The summed E-state index contributed by atoms with van der Waals surface area (Å²) in [5.74, 6) is -15.2. The first kappa shape index (κ1) is 87.1. The Hall–Kier alpha value is -9.32. The van der Waals surface area contributed by atoms with E-state index >= 15 is 14.4 Å². The van der Waals surface area contributed by atoms with Crippen molar-refractivity contribution in [3.05, 3.63) is 117 Å². The Bertz CT molecular complexity index is 4370. The predicted octanol–water partition coefficient (Wildman–Crippen LogP) is 1.67. The number of unbranched alkanes of at least 4 members (excludes halogenated alkanes) is 3. The number of amides is 6. The lowest BCUT2D eigenvalue weighted by Gasteiger charge is -2.48. The van der Waals surface area contributed by atoms with Crippen LogP contribution in [-0.2, 0) is 62.0 Å². The van der Waals surface area contributed by atoms with Gasteiger partial charge >= 0.3 is 11.9 Å². The second kappa shape index (κ2) is 37.5. The third-order valence-corrected chi connectivity index (χ3v) is 20.9. The molecule has 0 radical (unpaired) electrons. The van der Waals surface area contributed by atoms with E-state index < -0.39 is 250 Å². The molecule has 7 aliphatic rings. The molecule has 21 N–H and O–H groups in total. The zero-order valence-corrected chi connectivity index (χ0v) is 64.4. The Labute approximate surface area is 663 Å². The number of methoxy groups -OCH3 is 1. The van der Waals surface area contributed by atoms with Crippen molar-refractivity contribution in [3.63, 3.8) is 0 Å². The number of carbonyl (C=O) groups is 8. The highest BCUT2D eigenvalue weighted by atomic mass is 35.5. The highest BCUT2D eigenvalue weighted by Gasteiger charge is 2.52. The van der Waals surface area contributed by atoms with Gasteiger partial charge in [-0.2, -0.15) is 0 Å². The maximum absolute atomic E-state index is 16.1. The first-order valence-electron chi connectivity index (χ1n) is 36.8. The summed E-state index contributed by atoms with van der Waals surface area (Å²) in [6.45, 7) is 7.81. The minimum absolute atomic E-state index is 0.0864. The molecule has 0 saturated carbocycles. The molecule has 114 heavy (non-hydrogen) atoms. The molecule has 5 aromatic rings. The van der Waals surface area contributed by atoms with Gasteiger partial charge in [-0.3, -0.25) is 28.8 Å². The molecule has 2 saturated heterocycles. The predicted molar refractivity (Wildman–Crippen MR) is 400 cm³/mol. The fourth-order valence-electron chi connectivity index (χ4n) is 14.1. The number of likely N-dealkylation sites (N-methyl/N-ethyl adjacent to an activating group) is 1. The molecule has 0 aliphatic carbocycles. The lowest BCUT2D eigenvalue weighted by atomic mass is 9.84. The zero-order valence-electron chi connectivity index (χ0n) is 62.9. The van der Waals surface area contributed by atoms with Gasteiger partial charge in [0, 0.05) is 47.9 Å². The number of hydrogen-bond donors (Lipinski definition) is 20. The van der Waals surface area contributed by atoms with Crippen LogP contribution in [0, 0.1) is 5.92 Å². The minimum Gasteiger partial charge on any atom is -0.508 e. The Morgan fingerprint density at radius 1 is 0.737 bits per heavy atom. The van der Waals surface area contributed by atoms with Gasteiger partial charge in [-0.05, 0) is 117 Å². The van der Waals surface area contributed by atoms with Gasteiger partial charge in [0.1, 0.15) is 89.7 Å². The van der Waals surface area contributed by atoms with Crippen LogP contribution in [0.25, 0.3) is 11.1 Å². The zero-order chi connectivity index (χ0) is 83.1. The van der Waals surface area contributed by atoms with Crippen molar-refractivity contribution in [1.29, 1.82) is 0 Å². The molecule has 38 heteroatoms. The topological polar surface area (TPSA) is 555 Å². The number of fused-ring (bicyclic) bond motifs is 16. The molecule has 0 aromatic heterocycles. The SMILES string of the molecule is CCCCCCOC(CNC1(C)CC(OC2C(Oc3c4cc5cc3Oc3ccc(cc3Cl)[C@@H](O)[C@@H]3NC(=O)C(NC(=O)C5NC(=O)CC(C(N)O)NC(=O)[C@@H](NC(=O)[C@@H](CC(C)C)NC)C(O)c5ccc(c(Cl)c5)O4)c4ccc(O)c(c4)-c4c(O)cc(O)cc4C(C(=O)O)NC3=O)OC(CO)C(O)C2O)OC(C)C1O)C(=O)OC. The van der Waals surface area contributed by atoms with Crippen molar-refractivity contribution in [3.8, 4) is 57.1 Å². The third-order valence-electron chi connectivity index (χ3n) is 20.3. The number of esters is 1. The van der Waals surface area contributed by atoms with Gasteiger partial charge in [0.15, 0.2) is 36.0 Å². The summed E-state index contributed by atoms with van der Waals surface area (Å²) in [5.41, 5.74) is 1.90. The van der Waals surface area contributed by atoms with Gasteiger partial charge in [0.05, 0.1) is 54.5 Å². The molecule has 620 valence electrons. The van der Waals surface area contributed by atoms with E-state index in [-0.39, 0.29) is 59.4 Å². The lowest BCUT2D eigenvalue weighted by Crippen LogP contribution is -2.66. The quantitative estimate of drug-likeness (QED) is 0.0266. The van der Waals surface area contributed by atoms with Gasteiger partial charge in [-0.1, -0.05) is 81.4 Å². The van der Waals surface area contributed by atoms with Crippen molar-refractivity contribution in [1.82, 2.24) is 42.5 Å². The van der Waals surface area contributed by atoms with Crippen molar-refractivity contribution in [2.24, 2.45) is 11.7 Å². The van der Waals surface area contributed by atoms with E-state index in [9.17, 15) is 80.1 Å². The lowest BCUT2D eigenvalue weighted by molar-refractivity contribution is -0.334. The van der Waals surface area contributed by atoms with Crippen LogP contribution < -0.4 is 62.5 Å². The van der Waals surface area contributed by atoms with Crippen LogP contribution in [0.3, 0.4) is 0 Å². The Balaban J connectivity index is 1.18. The van der Waals surface area contributed by atoms with E-state index in [4.69, 9.17) is 66.8 Å². The number of nitrogens with two attached hydrogens (primary N) is 1. The Morgan fingerprint density at radius 3 is 1.98 bits per heavy atom. The second-order valence-corrected chi connectivity index (χ2v) is 29.9. The largest absolute Gasteiger partial charge is 0.508 e. The molecule has 36 nitrogen and oxygen atoms in total. The molecule has 0 spiro atoms. The molecule has 11 bridgehead atoms. The molecule has 5 aromatic carbocycles. The average molecular weight is 1640 g/mol. The molecular weight excluding hydrogens is 1540 g/mol. The maximum atomic E-state index is 16.1. The Morgan fingerprint density at radius 2 is 1.38 bits per heavy atom. The van der Waals surface area contributed by atoms with Gasteiger partial charge in [0.2, 0.25) is 47.5 Å². The van der Waals surface area contributed by atoms with Crippen LogP contribution in [0.4, 0.5) is 0 Å². The summed E-state index contributed by atoms with van der Waals surface area (Å²) in [5, 5.41) is 147. The van der Waals surface area contributed by atoms with E-state index in [2.05, 4.69) is 42.5 Å². The number of phenols is 3. The second-order valence-electron chi connectivity index (χ2n) is 29.1. The van der Waals surface area contributed by atoms with E-state index in [1.54, 1.807) is 6.92 Å².